The van der Waals surface area contributed by atoms with Gasteiger partial charge in [-0.25, -0.2) is 0 Å². The Labute approximate surface area is 112 Å². The Morgan fingerprint density at radius 2 is 1.71 bits per heavy atom. The molecular weight excluding hydrogens is 226 g/mol. The highest BCUT2D eigenvalue weighted by atomic mass is 32.2. The standard InChI is InChI=1S/C15H29NS/c1-2-16-15(14-9-5-6-10-14)12-17-11-13-7-3-4-8-13/h13-16H,2-12H2,1H3. The summed E-state index contributed by atoms with van der Waals surface area (Å²) in [5, 5.41) is 3.73. The van der Waals surface area contributed by atoms with Crippen LogP contribution in [-0.2, 0) is 0 Å². The molecule has 0 bridgehead atoms. The van der Waals surface area contributed by atoms with Crippen molar-refractivity contribution in [2.75, 3.05) is 18.1 Å². The summed E-state index contributed by atoms with van der Waals surface area (Å²) in [4.78, 5) is 0. The van der Waals surface area contributed by atoms with E-state index in [-0.39, 0.29) is 0 Å². The third kappa shape index (κ3) is 4.48. The summed E-state index contributed by atoms with van der Waals surface area (Å²) in [7, 11) is 0. The highest BCUT2D eigenvalue weighted by molar-refractivity contribution is 7.99. The molecule has 2 aliphatic carbocycles. The average Bonchev–Trinajstić information content (AvgIpc) is 3.01. The van der Waals surface area contributed by atoms with Crippen LogP contribution in [0.25, 0.3) is 0 Å². The predicted molar refractivity (Wildman–Crippen MR) is 78.7 cm³/mol. The Kier molecular flexibility index (Phi) is 6.21. The molecule has 0 radical (unpaired) electrons. The molecule has 2 aliphatic rings. The first kappa shape index (κ1) is 13.7. The van der Waals surface area contributed by atoms with E-state index in [0.29, 0.717) is 0 Å². The molecule has 2 saturated carbocycles. The second-order valence-corrected chi connectivity index (χ2v) is 6.97. The lowest BCUT2D eigenvalue weighted by Crippen LogP contribution is -2.37. The fourth-order valence-corrected chi connectivity index (χ4v) is 4.97. The van der Waals surface area contributed by atoms with E-state index in [9.17, 15) is 0 Å². The van der Waals surface area contributed by atoms with Gasteiger partial charge in [0.25, 0.3) is 0 Å². The molecule has 100 valence electrons. The van der Waals surface area contributed by atoms with E-state index < -0.39 is 0 Å². The first-order valence-electron chi connectivity index (χ1n) is 7.71. The summed E-state index contributed by atoms with van der Waals surface area (Å²) in [5.74, 6) is 4.81. The Morgan fingerprint density at radius 1 is 1.06 bits per heavy atom. The quantitative estimate of drug-likeness (QED) is 0.736. The zero-order chi connectivity index (χ0) is 11.9. The van der Waals surface area contributed by atoms with Crippen molar-refractivity contribution in [3.8, 4) is 0 Å². The van der Waals surface area contributed by atoms with Crippen LogP contribution in [0.15, 0.2) is 0 Å². The Hall–Kier alpha value is 0.310. The van der Waals surface area contributed by atoms with E-state index in [1.165, 1.54) is 62.9 Å². The van der Waals surface area contributed by atoms with Crippen LogP contribution in [0.1, 0.15) is 58.3 Å². The van der Waals surface area contributed by atoms with Gasteiger partial charge in [0.2, 0.25) is 0 Å². The van der Waals surface area contributed by atoms with Crippen molar-refractivity contribution in [2.24, 2.45) is 11.8 Å². The van der Waals surface area contributed by atoms with E-state index in [2.05, 4.69) is 24.0 Å². The van der Waals surface area contributed by atoms with Gasteiger partial charge < -0.3 is 5.32 Å². The maximum absolute atomic E-state index is 3.73. The van der Waals surface area contributed by atoms with Crippen LogP contribution < -0.4 is 5.32 Å². The van der Waals surface area contributed by atoms with Gasteiger partial charge >= 0.3 is 0 Å². The molecule has 1 atom stereocenters. The topological polar surface area (TPSA) is 12.0 Å². The fraction of sp³-hybridized carbons (Fsp3) is 1.00. The molecule has 17 heavy (non-hydrogen) atoms. The Bertz CT molecular complexity index is 195. The third-order valence-electron chi connectivity index (χ3n) is 4.56. The Morgan fingerprint density at radius 3 is 2.35 bits per heavy atom. The monoisotopic (exact) mass is 255 g/mol. The molecule has 0 aliphatic heterocycles. The van der Waals surface area contributed by atoms with Crippen molar-refractivity contribution in [3.05, 3.63) is 0 Å². The second-order valence-electron chi connectivity index (χ2n) is 5.90. The molecule has 0 aromatic rings. The molecule has 0 aromatic heterocycles. The molecule has 0 amide bonds. The lowest BCUT2D eigenvalue weighted by atomic mass is 10.00. The maximum Gasteiger partial charge on any atom is 0.0186 e. The van der Waals surface area contributed by atoms with Gasteiger partial charge in [-0.2, -0.15) is 11.8 Å². The molecule has 0 spiro atoms. The molecule has 1 nitrogen and oxygen atoms in total. The summed E-state index contributed by atoms with van der Waals surface area (Å²) in [5.41, 5.74) is 0. The molecule has 1 N–H and O–H groups in total. The van der Waals surface area contributed by atoms with E-state index in [1.807, 2.05) is 0 Å². The average molecular weight is 255 g/mol. The van der Waals surface area contributed by atoms with Crippen LogP contribution in [0.3, 0.4) is 0 Å². The molecule has 0 heterocycles. The van der Waals surface area contributed by atoms with Crippen molar-refractivity contribution in [1.29, 1.82) is 0 Å². The summed E-state index contributed by atoms with van der Waals surface area (Å²) >= 11 is 2.22. The van der Waals surface area contributed by atoms with Crippen molar-refractivity contribution in [3.63, 3.8) is 0 Å². The van der Waals surface area contributed by atoms with Crippen LogP contribution in [0, 0.1) is 11.8 Å². The van der Waals surface area contributed by atoms with E-state index in [0.717, 1.165) is 24.4 Å². The fourth-order valence-electron chi connectivity index (χ4n) is 3.52. The number of thioether (sulfide) groups is 1. The lowest BCUT2D eigenvalue weighted by molar-refractivity contribution is 0.394. The predicted octanol–water partition coefficient (Wildman–Crippen LogP) is 4.08. The van der Waals surface area contributed by atoms with Gasteiger partial charge in [-0.15, -0.1) is 0 Å². The largest absolute Gasteiger partial charge is 0.313 e. The molecule has 2 rings (SSSR count). The van der Waals surface area contributed by atoms with Crippen LogP contribution in [0.2, 0.25) is 0 Å². The van der Waals surface area contributed by atoms with Gasteiger partial charge in [-0.3, -0.25) is 0 Å². The minimum atomic E-state index is 0.800. The van der Waals surface area contributed by atoms with Gasteiger partial charge in [0, 0.05) is 11.8 Å². The molecule has 0 saturated heterocycles. The van der Waals surface area contributed by atoms with Crippen molar-refractivity contribution in [1.82, 2.24) is 5.32 Å². The minimum absolute atomic E-state index is 0.800. The van der Waals surface area contributed by atoms with Gasteiger partial charge in [-0.05, 0) is 49.8 Å². The van der Waals surface area contributed by atoms with Gasteiger partial charge in [0.05, 0.1) is 0 Å². The number of nitrogens with one attached hydrogen (secondary N) is 1. The number of hydrogen-bond acceptors (Lipinski definition) is 2. The van der Waals surface area contributed by atoms with Crippen LogP contribution >= 0.6 is 11.8 Å². The van der Waals surface area contributed by atoms with Gasteiger partial charge in [0.15, 0.2) is 0 Å². The van der Waals surface area contributed by atoms with Crippen molar-refractivity contribution >= 4 is 11.8 Å². The first-order chi connectivity index (χ1) is 8.40. The van der Waals surface area contributed by atoms with Gasteiger partial charge in [0.1, 0.15) is 0 Å². The normalized spacial score (nSPS) is 24.5. The molecular formula is C15H29NS. The maximum atomic E-state index is 3.73. The molecule has 0 aromatic carbocycles. The van der Waals surface area contributed by atoms with E-state index in [4.69, 9.17) is 0 Å². The lowest BCUT2D eigenvalue weighted by Gasteiger charge is -2.24. The summed E-state index contributed by atoms with van der Waals surface area (Å²) in [6.07, 6.45) is 11.9. The summed E-state index contributed by atoms with van der Waals surface area (Å²) in [6, 6.07) is 0.800. The Balaban J connectivity index is 1.65. The smallest absolute Gasteiger partial charge is 0.0186 e. The molecule has 1 unspecified atom stereocenters. The molecule has 2 heteroatoms. The van der Waals surface area contributed by atoms with Crippen molar-refractivity contribution in [2.45, 2.75) is 64.3 Å². The highest BCUT2D eigenvalue weighted by Crippen LogP contribution is 2.31. The second kappa shape index (κ2) is 7.68. The number of rotatable bonds is 7. The van der Waals surface area contributed by atoms with Crippen molar-refractivity contribution < 1.29 is 0 Å². The van der Waals surface area contributed by atoms with Crippen LogP contribution in [0.4, 0.5) is 0 Å². The summed E-state index contributed by atoms with van der Waals surface area (Å²) < 4.78 is 0. The molecule has 2 fully saturated rings. The first-order valence-corrected chi connectivity index (χ1v) is 8.86. The zero-order valence-electron chi connectivity index (χ0n) is 11.4. The highest BCUT2D eigenvalue weighted by Gasteiger charge is 2.24. The van der Waals surface area contributed by atoms with Gasteiger partial charge in [-0.1, -0.05) is 32.6 Å². The SMILES string of the molecule is CCNC(CSCC1CCCC1)C1CCCC1. The van der Waals surface area contributed by atoms with E-state index in [1.54, 1.807) is 0 Å². The van der Waals surface area contributed by atoms with Crippen LogP contribution in [0.5, 0.6) is 0 Å². The third-order valence-corrected chi connectivity index (χ3v) is 5.86. The minimum Gasteiger partial charge on any atom is -0.313 e. The van der Waals surface area contributed by atoms with E-state index >= 15 is 0 Å². The van der Waals surface area contributed by atoms with Crippen LogP contribution in [-0.4, -0.2) is 24.1 Å². The zero-order valence-corrected chi connectivity index (χ0v) is 12.2. The summed E-state index contributed by atoms with van der Waals surface area (Å²) in [6.45, 7) is 3.40. The number of hydrogen-bond donors (Lipinski definition) is 1.